The zero-order valence-electron chi connectivity index (χ0n) is 27.1. The van der Waals surface area contributed by atoms with Crippen LogP contribution >= 0.6 is 11.8 Å². The number of likely N-dealkylation sites (tertiary alicyclic amines) is 1. The quantitative estimate of drug-likeness (QED) is 0.123. The molecule has 0 aliphatic carbocycles. The van der Waals surface area contributed by atoms with Gasteiger partial charge in [-0.05, 0) is 54.8 Å². The third-order valence-electron chi connectivity index (χ3n) is 9.19. The number of esters is 1. The maximum atomic E-state index is 13.7. The monoisotopic (exact) mass is 706 g/mol. The van der Waals surface area contributed by atoms with E-state index in [9.17, 15) is 39.7 Å². The summed E-state index contributed by atoms with van der Waals surface area (Å²) in [4.78, 5) is 65.0. The molecule has 0 spiro atoms. The van der Waals surface area contributed by atoms with E-state index in [1.807, 2.05) is 6.92 Å². The first-order chi connectivity index (χ1) is 23.9. The van der Waals surface area contributed by atoms with Crippen LogP contribution in [0.15, 0.2) is 77.6 Å². The van der Waals surface area contributed by atoms with Crippen molar-refractivity contribution in [3.8, 4) is 0 Å². The predicted molar refractivity (Wildman–Crippen MR) is 177 cm³/mol. The maximum Gasteiger partial charge on any atom is 0.410 e. The van der Waals surface area contributed by atoms with Gasteiger partial charge in [-0.1, -0.05) is 6.92 Å². The van der Waals surface area contributed by atoms with Gasteiger partial charge in [0.05, 0.1) is 40.5 Å². The summed E-state index contributed by atoms with van der Waals surface area (Å²) in [6.45, 7) is 3.81. The van der Waals surface area contributed by atoms with Gasteiger partial charge >= 0.3 is 12.1 Å². The number of nitro groups is 2. The molecule has 4 heterocycles. The molecule has 2 aromatic carbocycles. The molecule has 3 aliphatic rings. The molecule has 0 unspecified atom stereocenters. The number of hydrogen-bond acceptors (Lipinski definition) is 12. The third kappa shape index (κ3) is 6.91. The number of non-ortho nitro benzene ring substituents is 2. The average molecular weight is 707 g/mol. The fourth-order valence-electron chi connectivity index (χ4n) is 6.70. The van der Waals surface area contributed by atoms with E-state index in [1.54, 1.807) is 35.0 Å². The number of hydrogen-bond donors (Lipinski definition) is 1. The third-order valence-corrected chi connectivity index (χ3v) is 10.7. The summed E-state index contributed by atoms with van der Waals surface area (Å²) in [6.07, 6.45) is 2.43. The zero-order valence-corrected chi connectivity index (χ0v) is 27.9. The van der Waals surface area contributed by atoms with E-state index in [0.29, 0.717) is 29.0 Å². The number of amides is 2. The van der Waals surface area contributed by atoms with Crippen LogP contribution in [0.3, 0.4) is 0 Å². The van der Waals surface area contributed by atoms with Crippen molar-refractivity contribution in [3.05, 3.63) is 109 Å². The van der Waals surface area contributed by atoms with Gasteiger partial charge in [-0.15, -0.1) is 11.8 Å². The topological polar surface area (TPSA) is 200 Å². The number of aliphatic hydroxyl groups excluding tert-OH is 1. The van der Waals surface area contributed by atoms with Crippen LogP contribution in [0, 0.1) is 32.1 Å². The van der Waals surface area contributed by atoms with E-state index in [2.05, 4.69) is 5.10 Å². The summed E-state index contributed by atoms with van der Waals surface area (Å²) in [5.74, 6) is -2.12. The van der Waals surface area contributed by atoms with Crippen LogP contribution in [0.25, 0.3) is 0 Å². The fourth-order valence-corrected chi connectivity index (χ4v) is 8.26. The number of ether oxygens (including phenoxy) is 2. The minimum atomic E-state index is -0.932. The Labute approximate surface area is 289 Å². The number of benzene rings is 2. The van der Waals surface area contributed by atoms with Crippen molar-refractivity contribution in [1.82, 2.24) is 19.6 Å². The Morgan fingerprint density at radius 3 is 2.16 bits per heavy atom. The number of aliphatic hydroxyl groups is 1. The lowest BCUT2D eigenvalue weighted by molar-refractivity contribution is -0.385. The number of rotatable bonds is 12. The molecule has 3 aromatic rings. The van der Waals surface area contributed by atoms with Crippen molar-refractivity contribution >= 4 is 41.1 Å². The second-order valence-corrected chi connectivity index (χ2v) is 13.8. The van der Waals surface area contributed by atoms with Gasteiger partial charge in [0, 0.05) is 59.3 Å². The van der Waals surface area contributed by atoms with Crippen LogP contribution in [-0.2, 0) is 38.8 Å². The van der Waals surface area contributed by atoms with Gasteiger partial charge in [-0.3, -0.25) is 29.7 Å². The highest BCUT2D eigenvalue weighted by molar-refractivity contribution is 8.03. The zero-order chi connectivity index (χ0) is 35.7. The molecule has 0 radical (unpaired) electrons. The van der Waals surface area contributed by atoms with Crippen LogP contribution in [0.4, 0.5) is 16.2 Å². The molecule has 1 aromatic heterocycles. The largest absolute Gasteiger partial charge is 0.456 e. The van der Waals surface area contributed by atoms with Crippen LogP contribution in [0.2, 0.25) is 0 Å². The smallest absolute Gasteiger partial charge is 0.410 e. The maximum absolute atomic E-state index is 13.7. The average Bonchev–Trinajstić information content (AvgIpc) is 3.81. The van der Waals surface area contributed by atoms with Crippen molar-refractivity contribution in [3.63, 3.8) is 0 Å². The number of fused-ring (bicyclic) bond motifs is 1. The molecule has 6 rings (SSSR count). The summed E-state index contributed by atoms with van der Waals surface area (Å²) >= 11 is 1.39. The minimum absolute atomic E-state index is 0.0740. The predicted octanol–water partition coefficient (Wildman–Crippen LogP) is 4.02. The number of β-lactam (4-membered cyclic amide) rings is 1. The lowest BCUT2D eigenvalue weighted by Gasteiger charge is -2.46. The van der Waals surface area contributed by atoms with Crippen LogP contribution < -0.4 is 0 Å². The molecule has 6 atom stereocenters. The SMILES string of the molecule is C[C@@H](O)[C@H]1C(=O)N2C(C(=O)OCc3ccc([N+](=O)[O-])cc3)=C(S[C@H]3C[C@@H](Cn4cccn4)N(C(=O)OCc4ccc([N+](=O)[O-])cc4)C3)[C@H](C)[C@H]12. The van der Waals surface area contributed by atoms with Gasteiger partial charge in [0.2, 0.25) is 5.91 Å². The van der Waals surface area contributed by atoms with Crippen molar-refractivity contribution in [2.45, 2.75) is 63.5 Å². The molecular formula is C33H34N6O10S. The summed E-state index contributed by atoms with van der Waals surface area (Å²) in [5.41, 5.74) is 1.03. The summed E-state index contributed by atoms with van der Waals surface area (Å²) < 4.78 is 13.0. The molecule has 0 saturated carbocycles. The second kappa shape index (κ2) is 14.3. The molecule has 2 fully saturated rings. The summed E-state index contributed by atoms with van der Waals surface area (Å²) in [5, 5.41) is 36.5. The first kappa shape index (κ1) is 34.6. The molecule has 262 valence electrons. The van der Waals surface area contributed by atoms with E-state index in [-0.39, 0.29) is 59.9 Å². The molecular weight excluding hydrogens is 672 g/mol. The Morgan fingerprint density at radius 1 is 1.02 bits per heavy atom. The van der Waals surface area contributed by atoms with Crippen molar-refractivity contribution in [2.75, 3.05) is 6.54 Å². The van der Waals surface area contributed by atoms with Crippen molar-refractivity contribution in [2.24, 2.45) is 11.8 Å². The standard InChI is InChI=1S/C33H34N6O10S/c1-19-28-27(20(2)40)31(41)37(28)29(32(42)48-17-21-4-8-23(9-5-21)38(44)45)30(19)50-26-14-25(15-35-13-3-12-34-35)36(16-26)33(43)49-18-22-6-10-24(11-7-22)39(46)47/h3-13,19-20,25-28,40H,14-18H2,1-2H3/t19-,20-,25+,26+,27-,28-/m1/s1. The highest BCUT2D eigenvalue weighted by atomic mass is 32.2. The number of nitro benzene ring substituents is 2. The molecule has 2 amide bonds. The number of carbonyl (C=O) groups is 3. The second-order valence-electron chi connectivity index (χ2n) is 12.5. The minimum Gasteiger partial charge on any atom is -0.456 e. The van der Waals surface area contributed by atoms with Gasteiger partial charge in [0.1, 0.15) is 18.9 Å². The Balaban J connectivity index is 1.21. The van der Waals surface area contributed by atoms with Gasteiger partial charge in [0.25, 0.3) is 11.4 Å². The number of carbonyl (C=O) groups excluding carboxylic acids is 3. The molecule has 3 aliphatic heterocycles. The molecule has 50 heavy (non-hydrogen) atoms. The normalized spacial score (nSPS) is 23.3. The van der Waals surface area contributed by atoms with E-state index in [0.717, 1.165) is 0 Å². The Hall–Kier alpha value is -5.29. The van der Waals surface area contributed by atoms with E-state index < -0.39 is 40.0 Å². The van der Waals surface area contributed by atoms with Gasteiger partial charge in [-0.25, -0.2) is 9.59 Å². The lowest BCUT2D eigenvalue weighted by Crippen LogP contribution is -2.63. The Morgan fingerprint density at radius 2 is 1.62 bits per heavy atom. The highest BCUT2D eigenvalue weighted by Crippen LogP contribution is 2.52. The molecule has 16 nitrogen and oxygen atoms in total. The van der Waals surface area contributed by atoms with Crippen LogP contribution in [0.1, 0.15) is 31.4 Å². The van der Waals surface area contributed by atoms with Gasteiger partial charge < -0.3 is 24.4 Å². The number of thioether (sulfide) groups is 1. The summed E-state index contributed by atoms with van der Waals surface area (Å²) in [6, 6.07) is 12.3. The Kier molecular flexibility index (Phi) is 9.88. The van der Waals surface area contributed by atoms with Crippen LogP contribution in [-0.4, -0.2) is 82.5 Å². The molecule has 1 N–H and O–H groups in total. The van der Waals surface area contributed by atoms with Gasteiger partial charge in [0.15, 0.2) is 0 Å². The van der Waals surface area contributed by atoms with Gasteiger partial charge in [-0.2, -0.15) is 5.10 Å². The van der Waals surface area contributed by atoms with E-state index >= 15 is 0 Å². The van der Waals surface area contributed by atoms with E-state index in [1.165, 1.54) is 65.2 Å². The molecule has 2 saturated heterocycles. The van der Waals surface area contributed by atoms with E-state index in [4.69, 9.17) is 9.47 Å². The summed E-state index contributed by atoms with van der Waals surface area (Å²) in [7, 11) is 0. The van der Waals surface area contributed by atoms with Crippen molar-refractivity contribution < 1.29 is 38.8 Å². The first-order valence-corrected chi connectivity index (χ1v) is 16.8. The molecule has 0 bridgehead atoms. The number of nitrogens with zero attached hydrogens (tertiary/aromatic N) is 6. The fraction of sp³-hybridized carbons (Fsp3) is 0.394. The number of aromatic nitrogens is 2. The highest BCUT2D eigenvalue weighted by Gasteiger charge is 2.60. The first-order valence-electron chi connectivity index (χ1n) is 15.9. The molecule has 17 heteroatoms. The Bertz CT molecular complexity index is 1810. The van der Waals surface area contributed by atoms with Crippen LogP contribution in [0.5, 0.6) is 0 Å². The lowest BCUT2D eigenvalue weighted by atomic mass is 9.79. The van der Waals surface area contributed by atoms with Crippen molar-refractivity contribution in [1.29, 1.82) is 0 Å².